The van der Waals surface area contributed by atoms with Gasteiger partial charge in [0.1, 0.15) is 26.8 Å². The van der Waals surface area contributed by atoms with Gasteiger partial charge in [0.05, 0.1) is 9.79 Å². The fraction of sp³-hybridized carbons (Fsp3) is 0.205. The van der Waals surface area contributed by atoms with E-state index < -0.39 is 20.2 Å². The van der Waals surface area contributed by atoms with Crippen molar-refractivity contribution in [3.63, 3.8) is 0 Å². The smallest absolute Gasteiger partial charge is 0.744 e. The van der Waals surface area contributed by atoms with E-state index in [9.17, 15) is 25.9 Å². The van der Waals surface area contributed by atoms with E-state index in [0.717, 1.165) is 60.6 Å². The van der Waals surface area contributed by atoms with Crippen molar-refractivity contribution in [2.45, 2.75) is 49.3 Å². The third kappa shape index (κ3) is 11.0. The maximum atomic E-state index is 12.5. The van der Waals surface area contributed by atoms with Gasteiger partial charge in [0.2, 0.25) is 11.4 Å². The quantitative estimate of drug-likeness (QED) is 0.0888. The fourth-order valence-electron chi connectivity index (χ4n) is 5.78. The van der Waals surface area contributed by atoms with Crippen molar-refractivity contribution in [1.29, 1.82) is 0 Å². The first-order chi connectivity index (χ1) is 23.5. The third-order valence-corrected chi connectivity index (χ3v) is 10.0. The second-order valence-corrected chi connectivity index (χ2v) is 14.4. The molecular formula is C39H38N2Na2O6S2. The molecule has 0 aromatic heterocycles. The summed E-state index contributed by atoms with van der Waals surface area (Å²) in [5.74, 6) is 0. The molecule has 8 nitrogen and oxygen atoms in total. The number of hydrogen-bond donors (Lipinski definition) is 0. The van der Waals surface area contributed by atoms with E-state index in [-0.39, 0.29) is 68.9 Å². The Morgan fingerprint density at radius 3 is 1.86 bits per heavy atom. The predicted octanol–water partition coefficient (Wildman–Crippen LogP) is 1.75. The van der Waals surface area contributed by atoms with Crippen molar-refractivity contribution >= 4 is 48.6 Å². The van der Waals surface area contributed by atoms with Crippen LogP contribution in [0.15, 0.2) is 137 Å². The van der Waals surface area contributed by atoms with Crippen molar-refractivity contribution in [3.05, 3.63) is 144 Å². The molecule has 12 heteroatoms. The first kappa shape index (κ1) is 42.8. The normalized spacial score (nSPS) is 12.5. The second-order valence-electron chi connectivity index (χ2n) is 11.6. The molecule has 254 valence electrons. The van der Waals surface area contributed by atoms with Gasteiger partial charge in [-0.15, -0.1) is 12.1 Å². The Morgan fingerprint density at radius 2 is 1.29 bits per heavy atom. The molecule has 5 rings (SSSR count). The van der Waals surface area contributed by atoms with Crippen molar-refractivity contribution in [3.8, 4) is 0 Å². The van der Waals surface area contributed by atoms with Crippen LogP contribution in [0.4, 0.5) is 17.1 Å². The van der Waals surface area contributed by atoms with Gasteiger partial charge in [-0.2, -0.15) is 22.8 Å². The second kappa shape index (κ2) is 19.5. The summed E-state index contributed by atoms with van der Waals surface area (Å²) >= 11 is 0. The van der Waals surface area contributed by atoms with Crippen LogP contribution in [-0.2, 0) is 20.2 Å². The topological polar surface area (TPSA) is 121 Å². The van der Waals surface area contributed by atoms with Crippen LogP contribution in [0.3, 0.4) is 0 Å². The number of benzene rings is 4. The van der Waals surface area contributed by atoms with Crippen LogP contribution in [0, 0.1) is 6.07 Å². The van der Waals surface area contributed by atoms with Gasteiger partial charge in [0.15, 0.2) is 0 Å². The number of unbranched alkanes of at least 4 members (excludes halogenated alkanes) is 2. The molecule has 0 heterocycles. The predicted molar refractivity (Wildman–Crippen MR) is 191 cm³/mol. The van der Waals surface area contributed by atoms with Crippen molar-refractivity contribution in [2.75, 3.05) is 18.0 Å². The Kier molecular flexibility index (Phi) is 16.3. The van der Waals surface area contributed by atoms with Gasteiger partial charge in [-0.3, -0.25) is 0 Å². The maximum Gasteiger partial charge on any atom is 1.00 e. The number of allylic oxidation sites excluding steroid dienone is 5. The van der Waals surface area contributed by atoms with E-state index in [4.69, 9.17) is 0 Å². The molecule has 4 aromatic carbocycles. The molecule has 0 saturated heterocycles. The summed E-state index contributed by atoms with van der Waals surface area (Å²) in [4.78, 5) is 1.63. The number of rotatable bonds is 13. The molecule has 1 aliphatic rings. The van der Waals surface area contributed by atoms with Gasteiger partial charge in [-0.05, 0) is 65.6 Å². The van der Waals surface area contributed by atoms with Crippen molar-refractivity contribution < 1.29 is 89.6 Å². The van der Waals surface area contributed by atoms with E-state index in [1.54, 1.807) is 24.3 Å². The summed E-state index contributed by atoms with van der Waals surface area (Å²) < 4.78 is 73.9. The Hall–Kier alpha value is -2.61. The molecule has 4 aromatic rings. The SMILES string of the molecule is CCCCN(c1cc[c-]cc1)c1ccc(C(=C2C=CC(=[N+](CCCC)c3ccc(S(=O)(=O)[O-])cc3)C=C2)c2ccccc2S(=O)(=O)[O-])cc1.[Na+].[Na+]. The fourth-order valence-corrected chi connectivity index (χ4v) is 6.94. The summed E-state index contributed by atoms with van der Waals surface area (Å²) in [6.45, 7) is 5.68. The monoisotopic (exact) mass is 740 g/mol. The van der Waals surface area contributed by atoms with Crippen molar-refractivity contribution in [1.82, 2.24) is 0 Å². The van der Waals surface area contributed by atoms with Gasteiger partial charge in [0, 0.05) is 48.5 Å². The molecule has 0 atom stereocenters. The molecule has 0 radical (unpaired) electrons. The first-order valence-corrected chi connectivity index (χ1v) is 19.0. The number of anilines is 2. The average Bonchev–Trinajstić information content (AvgIpc) is 3.10. The molecule has 0 unspecified atom stereocenters. The number of hydrogen-bond acceptors (Lipinski definition) is 7. The Balaban J connectivity index is 0.00000351. The molecule has 0 saturated carbocycles. The molecule has 0 N–H and O–H groups in total. The summed E-state index contributed by atoms with van der Waals surface area (Å²) in [6, 6.07) is 30.8. The summed E-state index contributed by atoms with van der Waals surface area (Å²) in [5.41, 5.74) is 5.90. The Morgan fingerprint density at radius 1 is 0.706 bits per heavy atom. The molecule has 0 bridgehead atoms. The molecule has 51 heavy (non-hydrogen) atoms. The van der Waals surface area contributed by atoms with Crippen LogP contribution in [0.5, 0.6) is 0 Å². The van der Waals surface area contributed by atoms with Crippen molar-refractivity contribution in [2.24, 2.45) is 0 Å². The zero-order valence-electron chi connectivity index (χ0n) is 29.5. The van der Waals surface area contributed by atoms with E-state index in [2.05, 4.69) is 24.8 Å². The zero-order valence-corrected chi connectivity index (χ0v) is 35.1. The van der Waals surface area contributed by atoms with E-state index >= 15 is 0 Å². The van der Waals surface area contributed by atoms with Crippen LogP contribution in [0.1, 0.15) is 50.7 Å². The van der Waals surface area contributed by atoms with Crippen LogP contribution in [0.25, 0.3) is 5.57 Å². The molecule has 0 aliphatic heterocycles. The minimum atomic E-state index is -4.80. The Labute approximate surface area is 346 Å². The molecule has 0 amide bonds. The van der Waals surface area contributed by atoms with Gasteiger partial charge < -0.3 is 14.0 Å². The van der Waals surface area contributed by atoms with E-state index in [0.29, 0.717) is 23.3 Å². The summed E-state index contributed by atoms with van der Waals surface area (Å²) in [7, 11) is -9.38. The molecule has 1 aliphatic carbocycles. The number of nitrogens with zero attached hydrogens (tertiary/aromatic N) is 2. The van der Waals surface area contributed by atoms with Gasteiger partial charge in [0.25, 0.3) is 0 Å². The van der Waals surface area contributed by atoms with Crippen LogP contribution >= 0.6 is 0 Å². The zero-order chi connectivity index (χ0) is 35.0. The van der Waals surface area contributed by atoms with Crippen LogP contribution < -0.4 is 64.0 Å². The minimum Gasteiger partial charge on any atom is -0.744 e. The first-order valence-electron chi connectivity index (χ1n) is 16.2. The molecule has 0 spiro atoms. The largest absolute Gasteiger partial charge is 1.00 e. The van der Waals surface area contributed by atoms with E-state index in [1.807, 2.05) is 77.4 Å². The van der Waals surface area contributed by atoms with Crippen LogP contribution in [0.2, 0.25) is 0 Å². The third-order valence-electron chi connectivity index (χ3n) is 8.28. The summed E-state index contributed by atoms with van der Waals surface area (Å²) in [6.07, 6.45) is 11.4. The van der Waals surface area contributed by atoms with Crippen LogP contribution in [-0.4, -0.2) is 49.3 Å². The van der Waals surface area contributed by atoms with Gasteiger partial charge in [-0.1, -0.05) is 62.7 Å². The standard InChI is InChI=1S/C39H40N2O6S2.2Na/c1-3-5-28-40(32-12-8-7-9-13-32)33-20-16-30(17-21-33)39(37-14-10-11-15-38(37)49(45,46)47)31-18-22-34(23-19-31)41(29-6-4-2)35-24-26-36(27-25-35)48(42,43)44;;/h8-27H,3-6,28-29H2,1-2H3,(H,42,43,44)(H,45,46,47);;/q;2*+1/p-2. The van der Waals surface area contributed by atoms with Gasteiger partial charge in [-0.25, -0.2) is 16.8 Å². The summed E-state index contributed by atoms with van der Waals surface area (Å²) in [5, 5.41) is 0. The van der Waals surface area contributed by atoms with E-state index in [1.165, 1.54) is 24.3 Å². The Bertz CT molecular complexity index is 2110. The van der Waals surface area contributed by atoms with Gasteiger partial charge >= 0.3 is 59.1 Å². The average molecular weight is 741 g/mol. The molecular weight excluding hydrogens is 703 g/mol. The maximum absolute atomic E-state index is 12.5. The molecule has 0 fully saturated rings. The minimum absolute atomic E-state index is 0.